The Balaban J connectivity index is 5.25. The summed E-state index contributed by atoms with van der Waals surface area (Å²) in [4.78, 5) is 0. The van der Waals surface area contributed by atoms with Gasteiger partial charge in [-0.2, -0.15) is 5.01 Å². The minimum absolute atomic E-state index is 0.0260. The van der Waals surface area contributed by atoms with Crippen LogP contribution in [0.15, 0.2) is 0 Å². The van der Waals surface area contributed by atoms with Crippen molar-refractivity contribution in [3.8, 4) is 0 Å². The molecule has 0 amide bonds. The number of hydrogen-bond donors (Lipinski definition) is 1. The first-order chi connectivity index (χ1) is 9.66. The average molecular weight is 302 g/mol. The number of nitrogens with one attached hydrogen (secondary N) is 1. The number of unbranched alkanes of at least 4 members (excludes halogenated alkanes) is 1. The maximum atomic E-state index is 3.60. The molecule has 0 aromatic rings. The van der Waals surface area contributed by atoms with E-state index in [1.807, 2.05) is 0 Å². The van der Waals surface area contributed by atoms with Gasteiger partial charge in [-0.1, -0.05) is 20.3 Å². The zero-order valence-corrected chi connectivity index (χ0v) is 15.9. The second-order valence-electron chi connectivity index (χ2n) is 7.10. The lowest BCUT2D eigenvalue weighted by molar-refractivity contribution is -0.256. The molecule has 0 atom stereocenters. The summed E-state index contributed by atoms with van der Waals surface area (Å²) in [6.07, 6.45) is 3.52. The molecule has 0 rings (SSSR count). The van der Waals surface area contributed by atoms with E-state index in [9.17, 15) is 0 Å². The Bertz CT molecular complexity index is 260. The van der Waals surface area contributed by atoms with E-state index in [1.165, 1.54) is 12.8 Å². The standard InChI is InChI=1S/C16H39N5/c1-10-12-13-17-20(15(3)4)19(14-11-2)21(18(8)9)16(5,6)7/h15,17H,10-14H2,1-9H3/q+1. The molecule has 5 heteroatoms. The highest BCUT2D eigenvalue weighted by atomic mass is 16.0. The highest BCUT2D eigenvalue weighted by Gasteiger charge is 2.43. The normalized spacial score (nSPS) is 13.4. The molecule has 0 aliphatic carbocycles. The summed E-state index contributed by atoms with van der Waals surface area (Å²) in [5.41, 5.74) is 3.63. The molecule has 0 aromatic carbocycles. The molecule has 0 spiro atoms. The number of nitrogens with zero attached hydrogens (tertiary/aromatic N) is 4. The van der Waals surface area contributed by atoms with Crippen LogP contribution >= 0.6 is 0 Å². The van der Waals surface area contributed by atoms with E-state index in [0.29, 0.717) is 6.04 Å². The molecule has 5 nitrogen and oxygen atoms in total. The van der Waals surface area contributed by atoms with Crippen LogP contribution in [-0.4, -0.2) is 54.0 Å². The van der Waals surface area contributed by atoms with Crippen LogP contribution in [0, 0.1) is 0 Å². The Hall–Kier alpha value is -0.200. The van der Waals surface area contributed by atoms with Gasteiger partial charge >= 0.3 is 0 Å². The lowest BCUT2D eigenvalue weighted by atomic mass is 10.1. The van der Waals surface area contributed by atoms with Gasteiger partial charge in [-0.05, 0) is 51.3 Å². The summed E-state index contributed by atoms with van der Waals surface area (Å²) < 4.78 is 0. The minimum atomic E-state index is 0.0260. The second kappa shape index (κ2) is 9.74. The van der Waals surface area contributed by atoms with E-state index in [4.69, 9.17) is 0 Å². The van der Waals surface area contributed by atoms with Crippen LogP contribution in [0.1, 0.15) is 67.7 Å². The largest absolute Gasteiger partial charge is 0.203 e. The molecule has 0 aromatic heterocycles. The Morgan fingerprint density at radius 1 is 1.05 bits per heavy atom. The van der Waals surface area contributed by atoms with Crippen LogP contribution in [0.2, 0.25) is 0 Å². The van der Waals surface area contributed by atoms with Crippen molar-refractivity contribution in [3.63, 3.8) is 0 Å². The van der Waals surface area contributed by atoms with E-state index in [0.717, 1.165) is 19.5 Å². The fourth-order valence-corrected chi connectivity index (χ4v) is 2.55. The van der Waals surface area contributed by atoms with Crippen molar-refractivity contribution in [2.75, 3.05) is 27.2 Å². The van der Waals surface area contributed by atoms with Crippen LogP contribution < -0.4 is 10.5 Å². The second-order valence-corrected chi connectivity index (χ2v) is 7.10. The predicted octanol–water partition coefficient (Wildman–Crippen LogP) is 2.96. The highest BCUT2D eigenvalue weighted by molar-refractivity contribution is 4.74. The van der Waals surface area contributed by atoms with Crippen molar-refractivity contribution in [1.29, 1.82) is 0 Å². The summed E-state index contributed by atoms with van der Waals surface area (Å²) in [6.45, 7) is 17.7. The van der Waals surface area contributed by atoms with Gasteiger partial charge in [0.2, 0.25) is 0 Å². The summed E-state index contributed by atoms with van der Waals surface area (Å²) in [7, 11) is 4.22. The third-order valence-corrected chi connectivity index (χ3v) is 3.16. The minimum Gasteiger partial charge on any atom is -0.203 e. The van der Waals surface area contributed by atoms with Crippen LogP contribution in [-0.2, 0) is 0 Å². The summed E-state index contributed by atoms with van der Waals surface area (Å²) >= 11 is 0. The van der Waals surface area contributed by atoms with Crippen LogP contribution in [0.4, 0.5) is 0 Å². The lowest BCUT2D eigenvalue weighted by Crippen LogP contribution is -2.71. The molecule has 0 aliphatic heterocycles. The predicted molar refractivity (Wildman–Crippen MR) is 92.5 cm³/mol. The zero-order chi connectivity index (χ0) is 16.6. The summed E-state index contributed by atoms with van der Waals surface area (Å²) in [6, 6.07) is 0.401. The van der Waals surface area contributed by atoms with E-state index >= 15 is 0 Å². The van der Waals surface area contributed by atoms with Crippen molar-refractivity contribution in [3.05, 3.63) is 0 Å². The van der Waals surface area contributed by atoms with Crippen LogP contribution in [0.25, 0.3) is 0 Å². The van der Waals surface area contributed by atoms with Crippen molar-refractivity contribution in [2.24, 2.45) is 0 Å². The molecule has 0 unspecified atom stereocenters. The molecule has 1 N–H and O–H groups in total. The molecule has 1 radical (unpaired) electrons. The van der Waals surface area contributed by atoms with Crippen LogP contribution in [0.5, 0.6) is 0 Å². The quantitative estimate of drug-likeness (QED) is 0.381. The first-order valence-electron chi connectivity index (χ1n) is 8.44. The number of hydrogen-bond acceptors (Lipinski definition) is 5. The third-order valence-electron chi connectivity index (χ3n) is 3.16. The van der Waals surface area contributed by atoms with Gasteiger partial charge in [0.15, 0.2) is 6.54 Å². The first kappa shape index (κ1) is 20.8. The van der Waals surface area contributed by atoms with Crippen molar-refractivity contribution < 1.29 is 0 Å². The SMILES string of the molecule is CCCCNN(C(C)C)[N+](CCC)N(N(C)C)C(C)(C)C. The molecular weight excluding hydrogens is 262 g/mol. The van der Waals surface area contributed by atoms with Gasteiger partial charge in [-0.3, -0.25) is 0 Å². The third kappa shape index (κ3) is 7.06. The fourth-order valence-electron chi connectivity index (χ4n) is 2.55. The maximum absolute atomic E-state index is 3.60. The van der Waals surface area contributed by atoms with Gasteiger partial charge in [0.05, 0.1) is 11.6 Å². The molecule has 0 saturated heterocycles. The zero-order valence-electron chi connectivity index (χ0n) is 15.9. The van der Waals surface area contributed by atoms with Crippen molar-refractivity contribution in [1.82, 2.24) is 25.8 Å². The summed E-state index contributed by atoms with van der Waals surface area (Å²) in [5.74, 6) is 0. The molecule has 21 heavy (non-hydrogen) atoms. The molecule has 0 aliphatic rings. The van der Waals surface area contributed by atoms with E-state index in [1.54, 1.807) is 0 Å². The Morgan fingerprint density at radius 2 is 1.62 bits per heavy atom. The summed E-state index contributed by atoms with van der Waals surface area (Å²) in [5, 5.41) is 9.13. The van der Waals surface area contributed by atoms with Crippen molar-refractivity contribution in [2.45, 2.75) is 79.3 Å². The molecule has 127 valence electrons. The monoisotopic (exact) mass is 301 g/mol. The van der Waals surface area contributed by atoms with E-state index in [-0.39, 0.29) is 5.54 Å². The van der Waals surface area contributed by atoms with Gasteiger partial charge in [-0.25, -0.2) is 5.43 Å². The highest BCUT2D eigenvalue weighted by Crippen LogP contribution is 2.18. The van der Waals surface area contributed by atoms with Gasteiger partial charge in [0.1, 0.15) is 0 Å². The molecule has 0 bridgehead atoms. The number of hydrazine groups is 4. The Morgan fingerprint density at radius 3 is 1.95 bits per heavy atom. The Kier molecular flexibility index (Phi) is 9.65. The van der Waals surface area contributed by atoms with Crippen molar-refractivity contribution >= 4 is 0 Å². The topological polar surface area (TPSA) is 27.7 Å². The smallest absolute Gasteiger partial charge is 0.171 e. The van der Waals surface area contributed by atoms with Gasteiger partial charge in [0, 0.05) is 32.2 Å². The molecular formula is C16H39N5+. The molecule has 0 saturated carbocycles. The van der Waals surface area contributed by atoms with Gasteiger partial charge < -0.3 is 0 Å². The average Bonchev–Trinajstić information content (AvgIpc) is 2.31. The van der Waals surface area contributed by atoms with Gasteiger partial charge in [0.25, 0.3) is 0 Å². The van der Waals surface area contributed by atoms with Gasteiger partial charge in [-0.15, -0.1) is 0 Å². The van der Waals surface area contributed by atoms with E-state index in [2.05, 4.69) is 88.3 Å². The molecule has 0 heterocycles. The fraction of sp³-hybridized carbons (Fsp3) is 1.00. The number of rotatable bonds is 10. The Labute approximate surface area is 133 Å². The first-order valence-corrected chi connectivity index (χ1v) is 8.44. The van der Waals surface area contributed by atoms with E-state index < -0.39 is 0 Å². The maximum Gasteiger partial charge on any atom is 0.171 e. The lowest BCUT2D eigenvalue weighted by Gasteiger charge is -2.41. The van der Waals surface area contributed by atoms with Crippen LogP contribution in [0.3, 0.4) is 0 Å². The molecule has 0 fully saturated rings.